The van der Waals surface area contributed by atoms with Crippen molar-refractivity contribution in [1.82, 2.24) is 15.3 Å². The van der Waals surface area contributed by atoms with E-state index >= 15 is 0 Å². The Bertz CT molecular complexity index is 290. The highest BCUT2D eigenvalue weighted by molar-refractivity contribution is 5.00. The maximum Gasteiger partial charge on any atom is 0.0724 e. The molecule has 0 aliphatic rings. The summed E-state index contributed by atoms with van der Waals surface area (Å²) < 4.78 is 0. The van der Waals surface area contributed by atoms with Gasteiger partial charge in [-0.2, -0.15) is 0 Å². The lowest BCUT2D eigenvalue weighted by Gasteiger charge is -2.16. The smallest absolute Gasteiger partial charge is 0.0724 e. The highest BCUT2D eigenvalue weighted by Crippen LogP contribution is 2.05. The van der Waals surface area contributed by atoms with Crippen LogP contribution in [0, 0.1) is 6.92 Å². The van der Waals surface area contributed by atoms with E-state index in [4.69, 9.17) is 0 Å². The third kappa shape index (κ3) is 5.44. The molecule has 1 heterocycles. The number of nitrogens with one attached hydrogen (secondary N) is 1. The van der Waals surface area contributed by atoms with E-state index in [-0.39, 0.29) is 0 Å². The van der Waals surface area contributed by atoms with Crippen LogP contribution in [0.4, 0.5) is 0 Å². The summed E-state index contributed by atoms with van der Waals surface area (Å²) in [6.45, 7) is 7.00. The molecule has 1 aromatic heterocycles. The molecular formula is C11H19N3O. The van der Waals surface area contributed by atoms with Gasteiger partial charge in [0.05, 0.1) is 17.0 Å². The highest BCUT2D eigenvalue weighted by atomic mass is 16.3. The van der Waals surface area contributed by atoms with Gasteiger partial charge in [0.15, 0.2) is 0 Å². The predicted octanol–water partition coefficient (Wildman–Crippen LogP) is 1.04. The lowest BCUT2D eigenvalue weighted by molar-refractivity contribution is 0.0711. The van der Waals surface area contributed by atoms with Gasteiger partial charge in [0.2, 0.25) is 0 Å². The first-order chi connectivity index (χ1) is 6.97. The number of rotatable bonds is 5. The molecule has 0 radical (unpaired) electrons. The van der Waals surface area contributed by atoms with Gasteiger partial charge in [-0.25, -0.2) is 0 Å². The normalized spacial score (nSPS) is 11.7. The fourth-order valence-corrected chi connectivity index (χ4v) is 1.12. The fourth-order valence-electron chi connectivity index (χ4n) is 1.12. The molecule has 0 fully saturated rings. The molecule has 0 aromatic carbocycles. The first-order valence-corrected chi connectivity index (χ1v) is 5.18. The van der Waals surface area contributed by atoms with Crippen LogP contribution in [0.1, 0.15) is 31.7 Å². The van der Waals surface area contributed by atoms with E-state index in [9.17, 15) is 5.11 Å². The number of aliphatic hydroxyl groups is 1. The zero-order chi connectivity index (χ0) is 11.3. The van der Waals surface area contributed by atoms with Crippen LogP contribution in [0.5, 0.6) is 0 Å². The molecule has 0 amide bonds. The van der Waals surface area contributed by atoms with E-state index in [0.717, 1.165) is 24.4 Å². The van der Waals surface area contributed by atoms with E-state index in [1.807, 2.05) is 6.92 Å². The Morgan fingerprint density at radius 2 is 2.07 bits per heavy atom. The average Bonchev–Trinajstić information content (AvgIpc) is 2.14. The zero-order valence-electron chi connectivity index (χ0n) is 9.62. The van der Waals surface area contributed by atoms with Gasteiger partial charge in [-0.05, 0) is 33.7 Å². The lowest BCUT2D eigenvalue weighted by Crippen LogP contribution is -2.26. The van der Waals surface area contributed by atoms with Crippen LogP contribution in [-0.4, -0.2) is 27.2 Å². The lowest BCUT2D eigenvalue weighted by atomic mass is 10.1. The molecule has 1 rings (SSSR count). The molecule has 0 saturated heterocycles. The fraction of sp³-hybridized carbons (Fsp3) is 0.636. The second-order valence-corrected chi connectivity index (χ2v) is 4.39. The van der Waals surface area contributed by atoms with E-state index in [1.54, 1.807) is 26.2 Å². The van der Waals surface area contributed by atoms with E-state index < -0.39 is 5.60 Å². The second-order valence-electron chi connectivity index (χ2n) is 4.39. The number of aryl methyl sites for hydroxylation is 1. The van der Waals surface area contributed by atoms with Crippen LogP contribution in [0.3, 0.4) is 0 Å². The molecule has 0 aliphatic carbocycles. The molecule has 0 spiro atoms. The van der Waals surface area contributed by atoms with Crippen LogP contribution in [0.15, 0.2) is 12.4 Å². The molecule has 0 aliphatic heterocycles. The summed E-state index contributed by atoms with van der Waals surface area (Å²) in [6.07, 6.45) is 4.26. The molecular weight excluding hydrogens is 190 g/mol. The third-order valence-corrected chi connectivity index (χ3v) is 2.05. The van der Waals surface area contributed by atoms with E-state index in [0.29, 0.717) is 6.54 Å². The molecule has 1 aromatic rings. The van der Waals surface area contributed by atoms with E-state index in [2.05, 4.69) is 15.3 Å². The minimum atomic E-state index is -0.605. The van der Waals surface area contributed by atoms with Gasteiger partial charge in [0, 0.05) is 18.9 Å². The SMILES string of the molecule is Cc1cnc(CNCCC(C)(C)O)cn1. The van der Waals surface area contributed by atoms with Gasteiger partial charge in [-0.1, -0.05) is 0 Å². The van der Waals surface area contributed by atoms with Crippen molar-refractivity contribution in [1.29, 1.82) is 0 Å². The number of aromatic nitrogens is 2. The molecule has 84 valence electrons. The van der Waals surface area contributed by atoms with Gasteiger partial charge in [-0.3, -0.25) is 9.97 Å². The van der Waals surface area contributed by atoms with Crippen molar-refractivity contribution in [3.63, 3.8) is 0 Å². The summed E-state index contributed by atoms with van der Waals surface area (Å²) in [5.74, 6) is 0. The van der Waals surface area contributed by atoms with Crippen molar-refractivity contribution in [2.45, 2.75) is 39.3 Å². The van der Waals surface area contributed by atoms with Gasteiger partial charge in [0.1, 0.15) is 0 Å². The largest absolute Gasteiger partial charge is 0.390 e. The number of nitrogens with zero attached hydrogens (tertiary/aromatic N) is 2. The quantitative estimate of drug-likeness (QED) is 0.711. The van der Waals surface area contributed by atoms with Crippen LogP contribution >= 0.6 is 0 Å². The Morgan fingerprint density at radius 3 is 2.60 bits per heavy atom. The molecule has 0 atom stereocenters. The number of hydrogen-bond acceptors (Lipinski definition) is 4. The third-order valence-electron chi connectivity index (χ3n) is 2.05. The molecule has 0 unspecified atom stereocenters. The zero-order valence-corrected chi connectivity index (χ0v) is 9.62. The molecule has 4 heteroatoms. The summed E-state index contributed by atoms with van der Waals surface area (Å²) in [6, 6.07) is 0. The van der Waals surface area contributed by atoms with Crippen LogP contribution in [-0.2, 0) is 6.54 Å². The molecule has 2 N–H and O–H groups in total. The predicted molar refractivity (Wildman–Crippen MR) is 59.4 cm³/mol. The van der Waals surface area contributed by atoms with Gasteiger partial charge >= 0.3 is 0 Å². The topological polar surface area (TPSA) is 58.0 Å². The number of hydrogen-bond donors (Lipinski definition) is 2. The van der Waals surface area contributed by atoms with Gasteiger partial charge < -0.3 is 10.4 Å². The molecule has 0 saturated carbocycles. The Morgan fingerprint density at radius 1 is 1.33 bits per heavy atom. The first kappa shape index (κ1) is 12.1. The van der Waals surface area contributed by atoms with Crippen LogP contribution in [0.25, 0.3) is 0 Å². The van der Waals surface area contributed by atoms with E-state index in [1.165, 1.54) is 0 Å². The van der Waals surface area contributed by atoms with Crippen molar-refractivity contribution in [3.8, 4) is 0 Å². The molecule has 0 bridgehead atoms. The Labute approximate surface area is 90.8 Å². The monoisotopic (exact) mass is 209 g/mol. The average molecular weight is 209 g/mol. The van der Waals surface area contributed by atoms with Crippen molar-refractivity contribution in [3.05, 3.63) is 23.8 Å². The van der Waals surface area contributed by atoms with Crippen molar-refractivity contribution >= 4 is 0 Å². The Hall–Kier alpha value is -1.00. The van der Waals surface area contributed by atoms with Crippen LogP contribution < -0.4 is 5.32 Å². The Kier molecular flexibility index (Phi) is 4.17. The maximum atomic E-state index is 9.48. The minimum Gasteiger partial charge on any atom is -0.390 e. The van der Waals surface area contributed by atoms with Crippen LogP contribution in [0.2, 0.25) is 0 Å². The first-order valence-electron chi connectivity index (χ1n) is 5.18. The highest BCUT2D eigenvalue weighted by Gasteiger charge is 2.10. The van der Waals surface area contributed by atoms with Crippen molar-refractivity contribution < 1.29 is 5.11 Å². The minimum absolute atomic E-state index is 0.605. The summed E-state index contributed by atoms with van der Waals surface area (Å²) in [4.78, 5) is 8.38. The summed E-state index contributed by atoms with van der Waals surface area (Å²) in [7, 11) is 0. The van der Waals surface area contributed by atoms with Crippen molar-refractivity contribution in [2.75, 3.05) is 6.54 Å². The van der Waals surface area contributed by atoms with Crippen molar-refractivity contribution in [2.24, 2.45) is 0 Å². The molecule has 4 nitrogen and oxygen atoms in total. The summed E-state index contributed by atoms with van der Waals surface area (Å²) >= 11 is 0. The van der Waals surface area contributed by atoms with Gasteiger partial charge in [0.25, 0.3) is 0 Å². The summed E-state index contributed by atoms with van der Waals surface area (Å²) in [5, 5.41) is 12.7. The molecule has 15 heavy (non-hydrogen) atoms. The maximum absolute atomic E-state index is 9.48. The standard InChI is InChI=1S/C11H19N3O/c1-9-6-14-10(8-13-9)7-12-5-4-11(2,3)15/h6,8,12,15H,4-5,7H2,1-3H3. The Balaban J connectivity index is 2.23. The second kappa shape index (κ2) is 5.19. The summed E-state index contributed by atoms with van der Waals surface area (Å²) in [5.41, 5.74) is 1.25. The van der Waals surface area contributed by atoms with Gasteiger partial charge in [-0.15, -0.1) is 0 Å².